The molecule has 0 spiro atoms. The molecule has 0 aliphatic rings. The van der Waals surface area contributed by atoms with Gasteiger partial charge < -0.3 is 0 Å². The molecule has 0 aromatic heterocycles. The maximum Gasteiger partial charge on any atom is 0.264 e. The molecule has 5 heteroatoms. The third kappa shape index (κ3) is 3.61. The minimum atomic E-state index is -3.69. The predicted octanol–water partition coefficient (Wildman–Crippen LogP) is 4.74. The minimum absolute atomic E-state index is 0.215. The monoisotopic (exact) mass is 357 g/mol. The normalized spacial score (nSPS) is 11.2. The number of anilines is 1. The van der Waals surface area contributed by atoms with Crippen LogP contribution in [0.5, 0.6) is 0 Å². The summed E-state index contributed by atoms with van der Waals surface area (Å²) in [5.74, 6) is 0. The summed E-state index contributed by atoms with van der Waals surface area (Å²) in [6, 6.07) is 24.8. The maximum absolute atomic E-state index is 13.1. The Kier molecular flexibility index (Phi) is 4.88. The first kappa shape index (κ1) is 16.6. The standard InChI is InChI=1S/C19H16ClNO2S/c20-17-11-13-19(14-12-17)24(22,23)21(18-9-5-2-6-10-18)15-16-7-3-1-4-8-16/h1-14H,15H2. The van der Waals surface area contributed by atoms with Gasteiger partial charge in [-0.15, -0.1) is 0 Å². The van der Waals surface area contributed by atoms with Crippen LogP contribution < -0.4 is 4.31 Å². The third-order valence-electron chi connectivity index (χ3n) is 3.61. The summed E-state index contributed by atoms with van der Waals surface area (Å²) in [5, 5.41) is 0.503. The number of hydrogen-bond acceptors (Lipinski definition) is 2. The summed E-state index contributed by atoms with van der Waals surface area (Å²) in [7, 11) is -3.69. The van der Waals surface area contributed by atoms with Gasteiger partial charge in [-0.2, -0.15) is 0 Å². The number of rotatable bonds is 5. The molecule has 0 atom stereocenters. The third-order valence-corrected chi connectivity index (χ3v) is 5.65. The fourth-order valence-electron chi connectivity index (χ4n) is 2.39. The Morgan fingerprint density at radius 3 is 1.88 bits per heavy atom. The molecule has 24 heavy (non-hydrogen) atoms. The van der Waals surface area contributed by atoms with Gasteiger partial charge in [0.1, 0.15) is 0 Å². The molecule has 0 amide bonds. The summed E-state index contributed by atoms with van der Waals surface area (Å²) in [5.41, 5.74) is 1.54. The van der Waals surface area contributed by atoms with Crippen LogP contribution in [0.2, 0.25) is 5.02 Å². The van der Waals surface area contributed by atoms with Crippen LogP contribution in [-0.4, -0.2) is 8.42 Å². The van der Waals surface area contributed by atoms with E-state index in [2.05, 4.69) is 0 Å². The van der Waals surface area contributed by atoms with Crippen LogP contribution in [0.4, 0.5) is 5.69 Å². The van der Waals surface area contributed by atoms with Crippen LogP contribution in [0.1, 0.15) is 5.56 Å². The first-order chi connectivity index (χ1) is 11.6. The van der Waals surface area contributed by atoms with Gasteiger partial charge in [-0.25, -0.2) is 8.42 Å². The fourth-order valence-corrected chi connectivity index (χ4v) is 3.97. The number of para-hydroxylation sites is 1. The van der Waals surface area contributed by atoms with E-state index in [9.17, 15) is 8.42 Å². The number of hydrogen-bond donors (Lipinski definition) is 0. The maximum atomic E-state index is 13.1. The zero-order valence-electron chi connectivity index (χ0n) is 12.8. The molecule has 3 nitrogen and oxygen atoms in total. The smallest absolute Gasteiger partial charge is 0.262 e. The van der Waals surface area contributed by atoms with Crippen molar-refractivity contribution in [3.8, 4) is 0 Å². The lowest BCUT2D eigenvalue weighted by molar-refractivity contribution is 0.590. The Bertz CT molecular complexity index is 895. The molecule has 0 saturated carbocycles. The Hall–Kier alpha value is -2.30. The molecule has 0 saturated heterocycles. The SMILES string of the molecule is O=S(=O)(c1ccc(Cl)cc1)N(Cc1ccccc1)c1ccccc1. The number of halogens is 1. The molecule has 0 fully saturated rings. The zero-order chi connectivity index (χ0) is 17.0. The highest BCUT2D eigenvalue weighted by Gasteiger charge is 2.25. The highest BCUT2D eigenvalue weighted by molar-refractivity contribution is 7.92. The van der Waals surface area contributed by atoms with E-state index in [0.717, 1.165) is 5.56 Å². The van der Waals surface area contributed by atoms with Crippen molar-refractivity contribution in [3.63, 3.8) is 0 Å². The van der Waals surface area contributed by atoms with Gasteiger partial charge in [0, 0.05) is 5.02 Å². The van der Waals surface area contributed by atoms with E-state index in [0.29, 0.717) is 10.7 Å². The first-order valence-electron chi connectivity index (χ1n) is 7.45. The molecule has 0 N–H and O–H groups in total. The molecule has 122 valence electrons. The average molecular weight is 358 g/mol. The molecule has 0 unspecified atom stereocenters. The van der Waals surface area contributed by atoms with Crippen molar-refractivity contribution in [2.75, 3.05) is 4.31 Å². The van der Waals surface area contributed by atoms with Crippen LogP contribution in [0, 0.1) is 0 Å². The van der Waals surface area contributed by atoms with Crippen molar-refractivity contribution in [2.45, 2.75) is 11.4 Å². The summed E-state index contributed by atoms with van der Waals surface area (Å²) in [6.45, 7) is 0.260. The predicted molar refractivity (Wildman–Crippen MR) is 97.7 cm³/mol. The Morgan fingerprint density at radius 1 is 0.750 bits per heavy atom. The number of nitrogens with zero attached hydrogens (tertiary/aromatic N) is 1. The lowest BCUT2D eigenvalue weighted by atomic mass is 10.2. The van der Waals surface area contributed by atoms with Gasteiger partial charge in [0.05, 0.1) is 17.1 Å². The van der Waals surface area contributed by atoms with Gasteiger partial charge in [-0.1, -0.05) is 60.1 Å². The van der Waals surface area contributed by atoms with Crippen LogP contribution in [-0.2, 0) is 16.6 Å². The molecular formula is C19H16ClNO2S. The van der Waals surface area contributed by atoms with Gasteiger partial charge in [0.25, 0.3) is 10.0 Å². The molecule has 0 aliphatic heterocycles. The largest absolute Gasteiger partial charge is 0.264 e. The van der Waals surface area contributed by atoms with Gasteiger partial charge in [-0.05, 0) is 42.0 Å². The van der Waals surface area contributed by atoms with Crippen LogP contribution in [0.25, 0.3) is 0 Å². The van der Waals surface area contributed by atoms with Crippen LogP contribution >= 0.6 is 11.6 Å². The zero-order valence-corrected chi connectivity index (χ0v) is 14.4. The topological polar surface area (TPSA) is 37.4 Å². The second kappa shape index (κ2) is 7.07. The summed E-state index contributed by atoms with van der Waals surface area (Å²) < 4.78 is 27.7. The van der Waals surface area contributed by atoms with E-state index < -0.39 is 10.0 Å². The highest BCUT2D eigenvalue weighted by Crippen LogP contribution is 2.26. The lowest BCUT2D eigenvalue weighted by Gasteiger charge is -2.24. The van der Waals surface area contributed by atoms with Crippen molar-refractivity contribution in [1.82, 2.24) is 0 Å². The Balaban J connectivity index is 2.05. The molecule has 3 aromatic carbocycles. The molecule has 0 aliphatic carbocycles. The van der Waals surface area contributed by atoms with E-state index in [1.165, 1.54) is 16.4 Å². The fraction of sp³-hybridized carbons (Fsp3) is 0.0526. The molecular weight excluding hydrogens is 342 g/mol. The quantitative estimate of drug-likeness (QED) is 0.661. The molecule has 3 aromatic rings. The highest BCUT2D eigenvalue weighted by atomic mass is 35.5. The van der Waals surface area contributed by atoms with E-state index in [-0.39, 0.29) is 11.4 Å². The van der Waals surface area contributed by atoms with Crippen molar-refractivity contribution in [1.29, 1.82) is 0 Å². The number of benzene rings is 3. The Labute approximate surface area is 147 Å². The molecule has 0 heterocycles. The first-order valence-corrected chi connectivity index (χ1v) is 9.26. The lowest BCUT2D eigenvalue weighted by Crippen LogP contribution is -2.30. The van der Waals surface area contributed by atoms with Crippen molar-refractivity contribution < 1.29 is 8.42 Å². The Morgan fingerprint density at radius 2 is 1.29 bits per heavy atom. The average Bonchev–Trinajstić information content (AvgIpc) is 2.61. The second-order valence-corrected chi connectivity index (χ2v) is 7.59. The van der Waals surface area contributed by atoms with Gasteiger partial charge >= 0.3 is 0 Å². The van der Waals surface area contributed by atoms with Crippen LogP contribution in [0.15, 0.2) is 89.8 Å². The van der Waals surface area contributed by atoms with E-state index in [1.807, 2.05) is 48.5 Å². The van der Waals surface area contributed by atoms with E-state index in [1.54, 1.807) is 24.3 Å². The number of sulfonamides is 1. The van der Waals surface area contributed by atoms with Crippen molar-refractivity contribution in [2.24, 2.45) is 0 Å². The summed E-state index contributed by atoms with van der Waals surface area (Å²) in [4.78, 5) is 0.215. The van der Waals surface area contributed by atoms with Crippen LogP contribution in [0.3, 0.4) is 0 Å². The molecule has 0 radical (unpaired) electrons. The van der Waals surface area contributed by atoms with Gasteiger partial charge in [0.15, 0.2) is 0 Å². The molecule has 0 bridgehead atoms. The summed E-state index contributed by atoms with van der Waals surface area (Å²) >= 11 is 5.88. The molecule has 3 rings (SSSR count). The van der Waals surface area contributed by atoms with Gasteiger partial charge in [0.2, 0.25) is 0 Å². The second-order valence-electron chi connectivity index (χ2n) is 5.29. The summed E-state index contributed by atoms with van der Waals surface area (Å²) in [6.07, 6.45) is 0. The van der Waals surface area contributed by atoms with Crippen molar-refractivity contribution in [3.05, 3.63) is 95.5 Å². The van der Waals surface area contributed by atoms with E-state index >= 15 is 0 Å². The van der Waals surface area contributed by atoms with Gasteiger partial charge in [-0.3, -0.25) is 4.31 Å². The minimum Gasteiger partial charge on any atom is -0.262 e. The van der Waals surface area contributed by atoms with E-state index in [4.69, 9.17) is 11.6 Å². The van der Waals surface area contributed by atoms with Crippen molar-refractivity contribution >= 4 is 27.3 Å².